The SMILES string of the molecule is Cc1cc(C)cc(NC(=O)c2ccc(C=CC(=O)O)s2)c1. The molecule has 0 aliphatic rings. The van der Waals surface area contributed by atoms with Crippen LogP contribution in [0.15, 0.2) is 36.4 Å². The first-order chi connectivity index (χ1) is 9.94. The van der Waals surface area contributed by atoms with Crippen LogP contribution in [-0.4, -0.2) is 17.0 Å². The molecule has 2 N–H and O–H groups in total. The van der Waals surface area contributed by atoms with Gasteiger partial charge >= 0.3 is 5.97 Å². The predicted molar refractivity (Wildman–Crippen MR) is 84.9 cm³/mol. The van der Waals surface area contributed by atoms with Crippen molar-refractivity contribution in [2.24, 2.45) is 0 Å². The molecule has 5 heteroatoms. The average Bonchev–Trinajstić information content (AvgIpc) is 2.83. The number of aliphatic carboxylic acids is 1. The normalized spacial score (nSPS) is 10.8. The van der Waals surface area contributed by atoms with Crippen LogP contribution in [0.25, 0.3) is 6.08 Å². The second kappa shape index (κ2) is 6.37. The molecule has 21 heavy (non-hydrogen) atoms. The molecule has 0 atom stereocenters. The summed E-state index contributed by atoms with van der Waals surface area (Å²) >= 11 is 1.25. The van der Waals surface area contributed by atoms with Crippen LogP contribution in [0.4, 0.5) is 5.69 Å². The summed E-state index contributed by atoms with van der Waals surface area (Å²) in [6.45, 7) is 3.95. The molecule has 1 aromatic carbocycles. The molecule has 0 saturated carbocycles. The smallest absolute Gasteiger partial charge is 0.328 e. The lowest BCUT2D eigenvalue weighted by Crippen LogP contribution is -2.10. The minimum absolute atomic E-state index is 0.194. The van der Waals surface area contributed by atoms with Crippen LogP contribution in [0, 0.1) is 13.8 Å². The zero-order valence-corrected chi connectivity index (χ0v) is 12.5. The van der Waals surface area contributed by atoms with Crippen molar-refractivity contribution in [1.29, 1.82) is 0 Å². The molecule has 2 aromatic rings. The van der Waals surface area contributed by atoms with Gasteiger partial charge in [0.15, 0.2) is 0 Å². The monoisotopic (exact) mass is 301 g/mol. The number of thiophene rings is 1. The maximum atomic E-state index is 12.1. The van der Waals surface area contributed by atoms with Gasteiger partial charge in [0.05, 0.1) is 4.88 Å². The van der Waals surface area contributed by atoms with E-state index in [1.165, 1.54) is 17.4 Å². The lowest BCUT2D eigenvalue weighted by molar-refractivity contribution is -0.131. The Morgan fingerprint density at radius 2 is 1.81 bits per heavy atom. The van der Waals surface area contributed by atoms with Crippen molar-refractivity contribution in [2.45, 2.75) is 13.8 Å². The maximum absolute atomic E-state index is 12.1. The number of nitrogens with one attached hydrogen (secondary N) is 1. The van der Waals surface area contributed by atoms with Gasteiger partial charge in [0, 0.05) is 16.6 Å². The molecule has 108 valence electrons. The van der Waals surface area contributed by atoms with Crippen LogP contribution < -0.4 is 5.32 Å². The van der Waals surface area contributed by atoms with E-state index in [0.717, 1.165) is 27.8 Å². The molecule has 0 spiro atoms. The van der Waals surface area contributed by atoms with E-state index in [1.807, 2.05) is 32.0 Å². The second-order valence-electron chi connectivity index (χ2n) is 4.70. The first-order valence-corrected chi connectivity index (χ1v) is 7.16. The van der Waals surface area contributed by atoms with Gasteiger partial charge in [0.1, 0.15) is 0 Å². The van der Waals surface area contributed by atoms with Crippen molar-refractivity contribution in [3.05, 3.63) is 57.3 Å². The number of carboxylic acids is 1. The highest BCUT2D eigenvalue weighted by Crippen LogP contribution is 2.20. The summed E-state index contributed by atoms with van der Waals surface area (Å²) in [5, 5.41) is 11.4. The molecule has 0 saturated heterocycles. The third-order valence-corrected chi connectivity index (χ3v) is 3.77. The Balaban J connectivity index is 2.11. The number of amides is 1. The first kappa shape index (κ1) is 15.0. The van der Waals surface area contributed by atoms with E-state index in [1.54, 1.807) is 12.1 Å². The average molecular weight is 301 g/mol. The fourth-order valence-electron chi connectivity index (χ4n) is 1.96. The third-order valence-electron chi connectivity index (χ3n) is 2.72. The van der Waals surface area contributed by atoms with E-state index in [9.17, 15) is 9.59 Å². The van der Waals surface area contributed by atoms with Crippen molar-refractivity contribution in [3.8, 4) is 0 Å². The highest BCUT2D eigenvalue weighted by Gasteiger charge is 2.09. The summed E-state index contributed by atoms with van der Waals surface area (Å²) in [5.41, 5.74) is 2.93. The number of carboxylic acid groups (broad SMARTS) is 1. The van der Waals surface area contributed by atoms with E-state index in [4.69, 9.17) is 5.11 Å². The van der Waals surface area contributed by atoms with Crippen LogP contribution >= 0.6 is 11.3 Å². The van der Waals surface area contributed by atoms with E-state index in [0.29, 0.717) is 4.88 Å². The predicted octanol–water partition coefficient (Wildman–Crippen LogP) is 3.72. The lowest BCUT2D eigenvalue weighted by Gasteiger charge is -2.06. The molecule has 0 aliphatic carbocycles. The van der Waals surface area contributed by atoms with Crippen molar-refractivity contribution < 1.29 is 14.7 Å². The van der Waals surface area contributed by atoms with E-state index in [2.05, 4.69) is 5.32 Å². The Morgan fingerprint density at radius 1 is 1.14 bits per heavy atom. The lowest BCUT2D eigenvalue weighted by atomic mass is 10.1. The number of benzene rings is 1. The summed E-state index contributed by atoms with van der Waals surface area (Å²) in [6.07, 6.45) is 2.53. The molecule has 1 aromatic heterocycles. The van der Waals surface area contributed by atoms with E-state index < -0.39 is 5.97 Å². The van der Waals surface area contributed by atoms with Crippen molar-refractivity contribution in [3.63, 3.8) is 0 Å². The van der Waals surface area contributed by atoms with Crippen LogP contribution in [0.5, 0.6) is 0 Å². The first-order valence-electron chi connectivity index (χ1n) is 6.34. The van der Waals surface area contributed by atoms with Crippen LogP contribution in [0.1, 0.15) is 25.7 Å². The quantitative estimate of drug-likeness (QED) is 0.846. The van der Waals surface area contributed by atoms with Crippen LogP contribution in [0.2, 0.25) is 0 Å². The number of hydrogen-bond acceptors (Lipinski definition) is 3. The number of anilines is 1. The van der Waals surface area contributed by atoms with Gasteiger partial charge in [0.2, 0.25) is 0 Å². The minimum Gasteiger partial charge on any atom is -0.478 e. The van der Waals surface area contributed by atoms with Crippen molar-refractivity contribution in [1.82, 2.24) is 0 Å². The molecule has 1 heterocycles. The van der Waals surface area contributed by atoms with Gasteiger partial charge in [-0.15, -0.1) is 11.3 Å². The largest absolute Gasteiger partial charge is 0.478 e. The van der Waals surface area contributed by atoms with Crippen molar-refractivity contribution >= 4 is 35.0 Å². The molecule has 2 rings (SSSR count). The zero-order chi connectivity index (χ0) is 15.4. The van der Waals surface area contributed by atoms with Gasteiger partial charge in [-0.25, -0.2) is 4.79 Å². The standard InChI is InChI=1S/C16H15NO3S/c1-10-7-11(2)9-12(8-10)17-16(20)14-5-3-13(21-14)4-6-15(18)19/h3-9H,1-2H3,(H,17,20)(H,18,19). The number of aryl methyl sites for hydroxylation is 2. The highest BCUT2D eigenvalue weighted by atomic mass is 32.1. The summed E-state index contributed by atoms with van der Waals surface area (Å²) in [7, 11) is 0. The maximum Gasteiger partial charge on any atom is 0.328 e. The molecule has 4 nitrogen and oxygen atoms in total. The molecule has 0 fully saturated rings. The minimum atomic E-state index is -1.01. The highest BCUT2D eigenvalue weighted by molar-refractivity contribution is 7.15. The van der Waals surface area contributed by atoms with Crippen LogP contribution in [0.3, 0.4) is 0 Å². The Hall–Kier alpha value is -2.40. The summed E-state index contributed by atoms with van der Waals surface area (Å²) < 4.78 is 0. The number of hydrogen-bond donors (Lipinski definition) is 2. The number of rotatable bonds is 4. The fraction of sp³-hybridized carbons (Fsp3) is 0.125. The molecule has 0 aliphatic heterocycles. The van der Waals surface area contributed by atoms with Gasteiger partial charge < -0.3 is 10.4 Å². The Morgan fingerprint density at radius 3 is 2.43 bits per heavy atom. The Bertz CT molecular complexity index is 696. The van der Waals surface area contributed by atoms with Crippen molar-refractivity contribution in [2.75, 3.05) is 5.32 Å². The second-order valence-corrected chi connectivity index (χ2v) is 5.82. The molecule has 1 amide bonds. The van der Waals surface area contributed by atoms with Gasteiger partial charge in [0.25, 0.3) is 5.91 Å². The summed E-state index contributed by atoms with van der Waals surface area (Å²) in [4.78, 5) is 23.9. The van der Waals surface area contributed by atoms with Gasteiger partial charge in [-0.2, -0.15) is 0 Å². The summed E-state index contributed by atoms with van der Waals surface area (Å²) in [6, 6.07) is 9.26. The topological polar surface area (TPSA) is 66.4 Å². The summed E-state index contributed by atoms with van der Waals surface area (Å²) in [5.74, 6) is -1.20. The van der Waals surface area contributed by atoms with Gasteiger partial charge in [-0.05, 0) is 55.3 Å². The molecule has 0 radical (unpaired) electrons. The molecular weight excluding hydrogens is 286 g/mol. The van der Waals surface area contributed by atoms with E-state index in [-0.39, 0.29) is 5.91 Å². The number of carbonyl (C=O) groups excluding carboxylic acids is 1. The molecule has 0 bridgehead atoms. The molecular formula is C16H15NO3S. The van der Waals surface area contributed by atoms with Crippen LogP contribution in [-0.2, 0) is 4.79 Å². The van der Waals surface area contributed by atoms with Gasteiger partial charge in [-0.3, -0.25) is 4.79 Å². The number of carbonyl (C=O) groups is 2. The molecule has 0 unspecified atom stereocenters. The van der Waals surface area contributed by atoms with E-state index >= 15 is 0 Å². The fourth-order valence-corrected chi connectivity index (χ4v) is 2.76. The third kappa shape index (κ3) is 4.29. The Labute approximate surface area is 126 Å². The van der Waals surface area contributed by atoms with Gasteiger partial charge in [-0.1, -0.05) is 6.07 Å². The Kier molecular flexibility index (Phi) is 4.55. The zero-order valence-electron chi connectivity index (χ0n) is 11.7.